The van der Waals surface area contributed by atoms with Crippen LogP contribution in [0.25, 0.3) is 0 Å². The predicted octanol–water partition coefficient (Wildman–Crippen LogP) is 5.03. The van der Waals surface area contributed by atoms with Gasteiger partial charge in [0.15, 0.2) is 0 Å². The topological polar surface area (TPSA) is 45.2 Å². The monoisotopic (exact) mass is 403 g/mol. The van der Waals surface area contributed by atoms with Gasteiger partial charge in [-0.05, 0) is 25.8 Å². The number of amides is 1. The van der Waals surface area contributed by atoms with Crippen LogP contribution in [0.3, 0.4) is 0 Å². The van der Waals surface area contributed by atoms with Crippen molar-refractivity contribution >= 4 is 5.91 Å². The second-order valence-corrected chi connectivity index (χ2v) is 7.24. The van der Waals surface area contributed by atoms with Gasteiger partial charge in [0.1, 0.15) is 17.7 Å². The highest BCUT2D eigenvalue weighted by atomic mass is 19.1. The molecule has 6 heteroatoms. The molecule has 1 amide bonds. The maximum atomic E-state index is 14.1. The van der Waals surface area contributed by atoms with Crippen molar-refractivity contribution in [2.24, 2.45) is 0 Å². The van der Waals surface area contributed by atoms with Crippen molar-refractivity contribution in [3.05, 3.63) is 77.8 Å². The van der Waals surface area contributed by atoms with Gasteiger partial charge in [0.2, 0.25) is 5.91 Å². The van der Waals surface area contributed by atoms with Crippen LogP contribution in [0.15, 0.2) is 54.9 Å². The average molecular weight is 404 g/mol. The van der Waals surface area contributed by atoms with E-state index >= 15 is 0 Å². The second kappa shape index (κ2) is 10.7. The highest BCUT2D eigenvalue weighted by molar-refractivity contribution is 5.82. The summed E-state index contributed by atoms with van der Waals surface area (Å²) in [7, 11) is 0. The standard InChI is InChI=1S/C23H29F2N3O.H2/c1-5-6-12-28(16(2)3)21(13-18-10-8-7-9-11-18)23(29)27-17(4)22-20(25)14-19(24)15-26-22;/h7-11,14-15,17,21H,2,5-6,12-13H2,1,3-4H3,(H,27,29);1H/t17-,21+;/m1./s1. The lowest BCUT2D eigenvalue weighted by molar-refractivity contribution is -0.126. The zero-order valence-electron chi connectivity index (χ0n) is 17.3. The Morgan fingerprint density at radius 1 is 1.31 bits per heavy atom. The van der Waals surface area contributed by atoms with Gasteiger partial charge in [0.25, 0.3) is 0 Å². The van der Waals surface area contributed by atoms with Crippen LogP contribution in [0, 0.1) is 11.6 Å². The van der Waals surface area contributed by atoms with E-state index in [4.69, 9.17) is 0 Å². The van der Waals surface area contributed by atoms with Gasteiger partial charge in [-0.2, -0.15) is 0 Å². The lowest BCUT2D eigenvalue weighted by atomic mass is 10.0. The maximum absolute atomic E-state index is 14.1. The van der Waals surface area contributed by atoms with Crippen molar-refractivity contribution in [3.63, 3.8) is 0 Å². The van der Waals surface area contributed by atoms with E-state index in [1.807, 2.05) is 42.2 Å². The van der Waals surface area contributed by atoms with Gasteiger partial charge in [-0.25, -0.2) is 8.78 Å². The van der Waals surface area contributed by atoms with Gasteiger partial charge in [0.05, 0.1) is 17.9 Å². The van der Waals surface area contributed by atoms with Crippen molar-refractivity contribution in [1.82, 2.24) is 15.2 Å². The number of pyridine rings is 1. The first-order valence-corrected chi connectivity index (χ1v) is 9.90. The number of hydrogen-bond acceptors (Lipinski definition) is 3. The number of hydrogen-bond donors (Lipinski definition) is 1. The van der Waals surface area contributed by atoms with Crippen molar-refractivity contribution in [3.8, 4) is 0 Å². The number of nitrogens with one attached hydrogen (secondary N) is 1. The summed E-state index contributed by atoms with van der Waals surface area (Å²) in [6.45, 7) is 10.4. The first-order valence-electron chi connectivity index (χ1n) is 9.90. The number of carbonyl (C=O) groups is 1. The quantitative estimate of drug-likeness (QED) is 0.605. The molecular weight excluding hydrogens is 372 g/mol. The summed E-state index contributed by atoms with van der Waals surface area (Å²) < 4.78 is 27.2. The van der Waals surface area contributed by atoms with Crippen molar-refractivity contribution in [1.29, 1.82) is 0 Å². The molecule has 0 fully saturated rings. The molecule has 2 atom stereocenters. The molecule has 2 aromatic rings. The molecule has 0 radical (unpaired) electrons. The zero-order valence-corrected chi connectivity index (χ0v) is 17.3. The molecule has 0 saturated heterocycles. The minimum atomic E-state index is -0.778. The number of nitrogens with zero attached hydrogens (tertiary/aromatic N) is 2. The third-order valence-electron chi connectivity index (χ3n) is 4.80. The van der Waals surface area contributed by atoms with E-state index in [9.17, 15) is 13.6 Å². The number of rotatable bonds is 10. The van der Waals surface area contributed by atoms with E-state index in [1.54, 1.807) is 6.92 Å². The summed E-state index contributed by atoms with van der Waals surface area (Å²) in [6.07, 6.45) is 3.36. The third kappa shape index (κ3) is 6.38. The molecule has 0 saturated carbocycles. The Morgan fingerprint density at radius 2 is 2.00 bits per heavy atom. The molecule has 1 heterocycles. The Hall–Kier alpha value is -2.76. The summed E-state index contributed by atoms with van der Waals surface area (Å²) in [5.74, 6) is -1.77. The number of carbonyl (C=O) groups excluding carboxylic acids is 1. The number of halogens is 2. The van der Waals surface area contributed by atoms with Crippen LogP contribution in [0.4, 0.5) is 8.78 Å². The molecule has 4 nitrogen and oxygen atoms in total. The van der Waals surface area contributed by atoms with E-state index < -0.39 is 23.7 Å². The number of allylic oxidation sites excluding steroid dienone is 1. The normalized spacial score (nSPS) is 12.9. The molecule has 0 aliphatic carbocycles. The summed E-state index contributed by atoms with van der Waals surface area (Å²) in [4.78, 5) is 19.0. The van der Waals surface area contributed by atoms with Crippen LogP contribution in [0.2, 0.25) is 0 Å². The summed E-state index contributed by atoms with van der Waals surface area (Å²) in [5.41, 5.74) is 1.83. The minimum absolute atomic E-state index is 0. The lowest BCUT2D eigenvalue weighted by Crippen LogP contribution is -2.48. The van der Waals surface area contributed by atoms with Gasteiger partial charge >= 0.3 is 0 Å². The summed E-state index contributed by atoms with van der Waals surface area (Å²) >= 11 is 0. The Morgan fingerprint density at radius 3 is 2.59 bits per heavy atom. The molecule has 0 aliphatic heterocycles. The summed E-state index contributed by atoms with van der Waals surface area (Å²) in [5, 5.41) is 2.84. The van der Waals surface area contributed by atoms with Crippen molar-refractivity contribution in [2.45, 2.75) is 52.1 Å². The van der Waals surface area contributed by atoms with Crippen molar-refractivity contribution in [2.75, 3.05) is 6.54 Å². The van der Waals surface area contributed by atoms with Gasteiger partial charge in [-0.1, -0.05) is 50.3 Å². The summed E-state index contributed by atoms with van der Waals surface area (Å²) in [6, 6.07) is 9.32. The van der Waals surface area contributed by atoms with Crippen molar-refractivity contribution < 1.29 is 15.0 Å². The number of benzene rings is 1. The van der Waals surface area contributed by atoms with E-state index in [0.29, 0.717) is 13.0 Å². The van der Waals surface area contributed by atoms with Crippen LogP contribution in [0.5, 0.6) is 0 Å². The highest BCUT2D eigenvalue weighted by Gasteiger charge is 2.28. The van der Waals surface area contributed by atoms with Gasteiger partial charge < -0.3 is 10.2 Å². The fourth-order valence-corrected chi connectivity index (χ4v) is 3.24. The Kier molecular flexibility index (Phi) is 8.31. The number of aromatic nitrogens is 1. The SMILES string of the molecule is C=C(C)N(CCCC)[C@@H](Cc1ccccc1)C(=O)N[C@H](C)c1ncc(F)cc1F.[HH]. The Labute approximate surface area is 173 Å². The predicted molar refractivity (Wildman–Crippen MR) is 113 cm³/mol. The average Bonchev–Trinajstić information content (AvgIpc) is 2.67. The molecule has 158 valence electrons. The molecule has 1 N–H and O–H groups in total. The molecule has 1 aromatic heterocycles. The molecule has 0 spiro atoms. The fraction of sp³-hybridized carbons (Fsp3) is 0.391. The maximum Gasteiger partial charge on any atom is 0.243 e. The lowest BCUT2D eigenvalue weighted by Gasteiger charge is -2.34. The smallest absolute Gasteiger partial charge is 0.243 e. The van der Waals surface area contributed by atoms with Crippen LogP contribution in [-0.4, -0.2) is 28.4 Å². The van der Waals surface area contributed by atoms with E-state index in [1.165, 1.54) is 0 Å². The molecule has 0 aliphatic rings. The van der Waals surface area contributed by atoms with E-state index in [-0.39, 0.29) is 13.0 Å². The second-order valence-electron chi connectivity index (χ2n) is 7.24. The zero-order chi connectivity index (χ0) is 21.4. The fourth-order valence-electron chi connectivity index (χ4n) is 3.24. The Bertz CT molecular complexity index is 832. The highest BCUT2D eigenvalue weighted by Crippen LogP contribution is 2.19. The van der Waals surface area contributed by atoms with Crippen LogP contribution in [0.1, 0.15) is 52.3 Å². The molecule has 0 bridgehead atoms. The van der Waals surface area contributed by atoms with Gasteiger partial charge in [0, 0.05) is 26.2 Å². The molecule has 0 unspecified atom stereocenters. The van der Waals surface area contributed by atoms with Gasteiger partial charge in [-0.15, -0.1) is 0 Å². The largest absolute Gasteiger partial charge is 0.363 e. The first kappa shape index (κ1) is 22.5. The van der Waals surface area contributed by atoms with Crippen LogP contribution >= 0.6 is 0 Å². The van der Waals surface area contributed by atoms with E-state index in [0.717, 1.165) is 36.4 Å². The molecule has 2 rings (SSSR count). The number of unbranched alkanes of at least 4 members (excludes halogenated alkanes) is 1. The van der Waals surface area contributed by atoms with Crippen LogP contribution in [-0.2, 0) is 11.2 Å². The van der Waals surface area contributed by atoms with Crippen LogP contribution < -0.4 is 5.32 Å². The van der Waals surface area contributed by atoms with Gasteiger partial charge in [-0.3, -0.25) is 9.78 Å². The third-order valence-corrected chi connectivity index (χ3v) is 4.80. The first-order chi connectivity index (χ1) is 13.8. The molecule has 1 aromatic carbocycles. The Balaban J connectivity index is 0.00000450. The van der Waals surface area contributed by atoms with E-state index in [2.05, 4.69) is 23.8 Å². The minimum Gasteiger partial charge on any atom is -0.363 e. The molecular formula is C23H31F2N3O. The molecule has 29 heavy (non-hydrogen) atoms.